The molecular formula is C20H20N6O4S. The number of carbonyl (C=O) groups is 2. The first-order valence-corrected chi connectivity index (χ1v) is 10.1. The first kappa shape index (κ1) is 20.4. The number of amides is 2. The van der Waals surface area contributed by atoms with Crippen molar-refractivity contribution in [2.24, 2.45) is 0 Å². The molecular weight excluding hydrogens is 420 g/mol. The number of ether oxygens (including phenoxy) is 1. The van der Waals surface area contributed by atoms with Gasteiger partial charge in [0.1, 0.15) is 17.6 Å². The van der Waals surface area contributed by atoms with Crippen molar-refractivity contribution in [3.05, 3.63) is 41.9 Å². The Hall–Kier alpha value is -3.86. The number of nitrogens with one attached hydrogen (secondary N) is 2. The van der Waals surface area contributed by atoms with Gasteiger partial charge in [-0.15, -0.1) is 11.3 Å². The van der Waals surface area contributed by atoms with Crippen LogP contribution in [0.5, 0.6) is 5.75 Å². The third-order valence-electron chi connectivity index (χ3n) is 4.74. The summed E-state index contributed by atoms with van der Waals surface area (Å²) in [5.74, 6) is 0.663. The van der Waals surface area contributed by atoms with Crippen LogP contribution < -0.4 is 21.1 Å². The molecule has 2 amide bonds. The lowest BCUT2D eigenvalue weighted by molar-refractivity contribution is -0.120. The summed E-state index contributed by atoms with van der Waals surface area (Å²) in [6, 6.07) is 8.04. The van der Waals surface area contributed by atoms with Gasteiger partial charge >= 0.3 is 6.09 Å². The third kappa shape index (κ3) is 3.94. The number of aryl methyl sites for hydroxylation is 1. The minimum atomic E-state index is -1.26. The SMILES string of the molecule is COc1cc(C)cc2cc(-c3cc(CNC(=O)CNC(=O)O)n4ncnc(N)c34)sc12. The van der Waals surface area contributed by atoms with Crippen molar-refractivity contribution < 1.29 is 19.4 Å². The minimum absolute atomic E-state index is 0.144. The van der Waals surface area contributed by atoms with Gasteiger partial charge in [0.25, 0.3) is 0 Å². The predicted octanol–water partition coefficient (Wildman–Crippen LogP) is 2.39. The van der Waals surface area contributed by atoms with Crippen molar-refractivity contribution in [1.29, 1.82) is 0 Å². The zero-order chi connectivity index (χ0) is 22.1. The maximum atomic E-state index is 11.9. The molecule has 160 valence electrons. The highest BCUT2D eigenvalue weighted by Gasteiger charge is 2.18. The van der Waals surface area contributed by atoms with Crippen molar-refractivity contribution in [2.45, 2.75) is 13.5 Å². The number of carbonyl (C=O) groups excluding carboxylic acids is 1. The van der Waals surface area contributed by atoms with Crippen LogP contribution in [0.4, 0.5) is 10.6 Å². The van der Waals surface area contributed by atoms with Crippen molar-refractivity contribution in [3.63, 3.8) is 0 Å². The van der Waals surface area contributed by atoms with Gasteiger partial charge in [-0.05, 0) is 36.1 Å². The van der Waals surface area contributed by atoms with Crippen molar-refractivity contribution in [3.8, 4) is 16.2 Å². The van der Waals surface area contributed by atoms with E-state index in [-0.39, 0.29) is 13.1 Å². The van der Waals surface area contributed by atoms with Crippen molar-refractivity contribution in [1.82, 2.24) is 25.2 Å². The van der Waals surface area contributed by atoms with E-state index in [0.29, 0.717) is 17.0 Å². The molecule has 0 fully saturated rings. The van der Waals surface area contributed by atoms with Gasteiger partial charge in [-0.2, -0.15) is 5.10 Å². The van der Waals surface area contributed by atoms with E-state index in [2.05, 4.69) is 27.5 Å². The van der Waals surface area contributed by atoms with Gasteiger partial charge < -0.3 is 26.2 Å². The maximum absolute atomic E-state index is 11.9. The second-order valence-corrected chi connectivity index (χ2v) is 7.94. The van der Waals surface area contributed by atoms with E-state index in [1.165, 1.54) is 6.33 Å². The number of benzene rings is 1. The standard InChI is InChI=1S/C20H20N6O4S/c1-10-3-11-5-15(31-18(11)14(4-10)30-2)13-6-12(7-22-16(27)8-23-20(28)29)26-17(13)19(21)24-9-25-26/h3-6,9,23H,7-8H2,1-2H3,(H,22,27)(H,28,29)(H2,21,24,25). The molecule has 10 nitrogen and oxygen atoms in total. The molecule has 0 saturated carbocycles. The quantitative estimate of drug-likeness (QED) is 0.360. The average Bonchev–Trinajstić information content (AvgIpc) is 3.32. The average molecular weight is 440 g/mol. The Morgan fingerprint density at radius 1 is 1.26 bits per heavy atom. The molecule has 31 heavy (non-hydrogen) atoms. The Balaban J connectivity index is 1.74. The van der Waals surface area contributed by atoms with Gasteiger partial charge in [0.15, 0.2) is 5.82 Å². The molecule has 4 aromatic rings. The molecule has 0 atom stereocenters. The number of hydrogen-bond acceptors (Lipinski definition) is 7. The molecule has 0 spiro atoms. The van der Waals surface area contributed by atoms with Crippen LogP contribution in [0.1, 0.15) is 11.3 Å². The number of fused-ring (bicyclic) bond motifs is 2. The zero-order valence-corrected chi connectivity index (χ0v) is 17.6. The lowest BCUT2D eigenvalue weighted by Crippen LogP contribution is -2.36. The number of methoxy groups -OCH3 is 1. The Morgan fingerprint density at radius 3 is 2.81 bits per heavy atom. The number of nitrogens with zero attached hydrogens (tertiary/aromatic N) is 3. The number of nitrogens with two attached hydrogens (primary N) is 1. The first-order valence-electron chi connectivity index (χ1n) is 9.30. The predicted molar refractivity (Wildman–Crippen MR) is 117 cm³/mol. The minimum Gasteiger partial charge on any atom is -0.495 e. The fraction of sp³-hybridized carbons (Fsp3) is 0.200. The molecule has 0 saturated heterocycles. The summed E-state index contributed by atoms with van der Waals surface area (Å²) in [6.07, 6.45) is 0.0855. The summed E-state index contributed by atoms with van der Waals surface area (Å²) >= 11 is 1.57. The van der Waals surface area contributed by atoms with Crippen LogP contribution in [-0.2, 0) is 11.3 Å². The molecule has 0 unspecified atom stereocenters. The Kier molecular flexibility index (Phi) is 5.34. The highest BCUT2D eigenvalue weighted by Crippen LogP contribution is 2.42. The molecule has 0 bridgehead atoms. The maximum Gasteiger partial charge on any atom is 0.405 e. The van der Waals surface area contributed by atoms with Crippen LogP contribution in [-0.4, -0.2) is 45.4 Å². The number of nitrogen functional groups attached to an aromatic ring is 1. The van der Waals surface area contributed by atoms with Gasteiger partial charge in [0.05, 0.1) is 30.6 Å². The summed E-state index contributed by atoms with van der Waals surface area (Å²) in [5.41, 5.74) is 9.42. The van der Waals surface area contributed by atoms with Crippen LogP contribution in [0.15, 0.2) is 30.6 Å². The van der Waals surface area contributed by atoms with Crippen LogP contribution >= 0.6 is 11.3 Å². The van der Waals surface area contributed by atoms with E-state index < -0.39 is 12.0 Å². The van der Waals surface area contributed by atoms with E-state index in [1.54, 1.807) is 23.0 Å². The Labute approximate surface area is 180 Å². The van der Waals surface area contributed by atoms with Crippen LogP contribution in [0.2, 0.25) is 0 Å². The molecule has 3 heterocycles. The van der Waals surface area contributed by atoms with Gasteiger partial charge in [0.2, 0.25) is 5.91 Å². The molecule has 5 N–H and O–H groups in total. The molecule has 1 aromatic carbocycles. The number of thiophene rings is 1. The summed E-state index contributed by atoms with van der Waals surface area (Å²) < 4.78 is 8.19. The third-order valence-corrected chi connectivity index (χ3v) is 5.93. The number of rotatable bonds is 6. The Morgan fingerprint density at radius 2 is 2.06 bits per heavy atom. The number of anilines is 1. The lowest BCUT2D eigenvalue weighted by Gasteiger charge is -2.05. The van der Waals surface area contributed by atoms with E-state index >= 15 is 0 Å². The van der Waals surface area contributed by atoms with Gasteiger partial charge in [-0.25, -0.2) is 14.3 Å². The van der Waals surface area contributed by atoms with Crippen LogP contribution in [0.3, 0.4) is 0 Å². The van der Waals surface area contributed by atoms with Gasteiger partial charge in [-0.1, -0.05) is 6.07 Å². The molecule has 0 aliphatic rings. The summed E-state index contributed by atoms with van der Waals surface area (Å²) in [5, 5.41) is 18.7. The first-order chi connectivity index (χ1) is 14.9. The van der Waals surface area contributed by atoms with Crippen molar-refractivity contribution >= 4 is 44.8 Å². The second kappa shape index (κ2) is 8.11. The van der Waals surface area contributed by atoms with Gasteiger partial charge in [-0.3, -0.25) is 4.79 Å². The smallest absolute Gasteiger partial charge is 0.405 e. The van der Waals surface area contributed by atoms with Gasteiger partial charge in [0, 0.05) is 10.4 Å². The normalized spacial score (nSPS) is 11.0. The summed E-state index contributed by atoms with van der Waals surface area (Å²) in [6.45, 7) is 1.82. The fourth-order valence-electron chi connectivity index (χ4n) is 3.40. The molecule has 3 aromatic heterocycles. The van der Waals surface area contributed by atoms with Crippen LogP contribution in [0.25, 0.3) is 26.0 Å². The monoisotopic (exact) mass is 440 g/mol. The summed E-state index contributed by atoms with van der Waals surface area (Å²) in [4.78, 5) is 27.5. The highest BCUT2D eigenvalue weighted by molar-refractivity contribution is 7.22. The topological polar surface area (TPSA) is 144 Å². The van der Waals surface area contributed by atoms with E-state index in [9.17, 15) is 9.59 Å². The zero-order valence-electron chi connectivity index (χ0n) is 16.8. The van der Waals surface area contributed by atoms with E-state index in [1.807, 2.05) is 24.4 Å². The summed E-state index contributed by atoms with van der Waals surface area (Å²) in [7, 11) is 1.65. The molecule has 11 heteroatoms. The fourth-order valence-corrected chi connectivity index (χ4v) is 4.55. The second-order valence-electron chi connectivity index (χ2n) is 6.89. The Bertz CT molecular complexity index is 1310. The molecule has 4 rings (SSSR count). The largest absolute Gasteiger partial charge is 0.495 e. The molecule has 0 aliphatic carbocycles. The lowest BCUT2D eigenvalue weighted by atomic mass is 10.1. The van der Waals surface area contributed by atoms with E-state index in [0.717, 1.165) is 31.8 Å². The van der Waals surface area contributed by atoms with Crippen LogP contribution in [0, 0.1) is 6.92 Å². The van der Waals surface area contributed by atoms with Crippen molar-refractivity contribution in [2.75, 3.05) is 19.4 Å². The highest BCUT2D eigenvalue weighted by atomic mass is 32.1. The van der Waals surface area contributed by atoms with E-state index in [4.69, 9.17) is 15.6 Å². The number of carboxylic acid groups (broad SMARTS) is 1. The number of hydrogen-bond donors (Lipinski definition) is 4. The molecule has 0 radical (unpaired) electrons. The number of aromatic nitrogens is 3. The molecule has 0 aliphatic heterocycles.